The molecule has 3 aromatic heterocycles. The zero-order valence-corrected chi connectivity index (χ0v) is 15.6. The van der Waals surface area contributed by atoms with E-state index in [0.717, 1.165) is 5.52 Å². The van der Waals surface area contributed by atoms with Gasteiger partial charge in [0.25, 0.3) is 5.91 Å². The van der Waals surface area contributed by atoms with E-state index in [-0.39, 0.29) is 23.8 Å². The van der Waals surface area contributed by atoms with E-state index in [9.17, 15) is 18.0 Å². The standard InChI is InChI=1S/C19H21F3N6O/c20-19(21,22)11-24-13-4-6-14(7-5-13)25-18(29)17-26-16(27-10-8-23-12-27)15-3-1-2-9-28(15)17/h1-3,8-10,12-14,24H,4-7,11H2,(H,25,29). The van der Waals surface area contributed by atoms with E-state index in [1.54, 1.807) is 33.9 Å². The van der Waals surface area contributed by atoms with Crippen molar-refractivity contribution in [3.63, 3.8) is 0 Å². The van der Waals surface area contributed by atoms with Gasteiger partial charge in [0.2, 0.25) is 5.82 Å². The molecule has 4 rings (SSSR count). The number of carbonyl (C=O) groups is 1. The van der Waals surface area contributed by atoms with Gasteiger partial charge in [-0.3, -0.25) is 13.8 Å². The van der Waals surface area contributed by atoms with Crippen molar-refractivity contribution in [3.8, 4) is 5.82 Å². The van der Waals surface area contributed by atoms with Crippen LogP contribution < -0.4 is 10.6 Å². The van der Waals surface area contributed by atoms with Crippen LogP contribution in [-0.2, 0) is 0 Å². The van der Waals surface area contributed by atoms with Crippen molar-refractivity contribution in [2.75, 3.05) is 6.54 Å². The summed E-state index contributed by atoms with van der Waals surface area (Å²) in [7, 11) is 0. The smallest absolute Gasteiger partial charge is 0.347 e. The van der Waals surface area contributed by atoms with E-state index in [1.807, 2.05) is 18.2 Å². The Balaban J connectivity index is 1.43. The summed E-state index contributed by atoms with van der Waals surface area (Å²) in [5.74, 6) is 0.569. The summed E-state index contributed by atoms with van der Waals surface area (Å²) in [5.41, 5.74) is 0.774. The van der Waals surface area contributed by atoms with Crippen LogP contribution in [-0.4, -0.2) is 49.6 Å². The molecule has 7 nitrogen and oxygen atoms in total. The third-order valence-electron chi connectivity index (χ3n) is 5.13. The minimum Gasteiger partial charge on any atom is -0.347 e. The number of rotatable bonds is 5. The largest absolute Gasteiger partial charge is 0.401 e. The summed E-state index contributed by atoms with van der Waals surface area (Å²) in [5, 5.41) is 5.53. The zero-order valence-electron chi connectivity index (χ0n) is 15.6. The van der Waals surface area contributed by atoms with Crippen molar-refractivity contribution >= 4 is 11.4 Å². The summed E-state index contributed by atoms with van der Waals surface area (Å²) >= 11 is 0. The predicted molar refractivity (Wildman–Crippen MR) is 99.9 cm³/mol. The van der Waals surface area contributed by atoms with Gasteiger partial charge < -0.3 is 10.6 Å². The summed E-state index contributed by atoms with van der Waals surface area (Å²) in [6.45, 7) is -0.980. The molecule has 29 heavy (non-hydrogen) atoms. The van der Waals surface area contributed by atoms with Crippen molar-refractivity contribution in [1.82, 2.24) is 29.6 Å². The van der Waals surface area contributed by atoms with Crippen LogP contribution >= 0.6 is 0 Å². The predicted octanol–water partition coefficient (Wildman–Crippen LogP) is 2.71. The Morgan fingerprint density at radius 1 is 1.14 bits per heavy atom. The number of nitrogens with zero attached hydrogens (tertiary/aromatic N) is 4. The first-order chi connectivity index (χ1) is 13.9. The third-order valence-corrected chi connectivity index (χ3v) is 5.13. The number of fused-ring (bicyclic) bond motifs is 1. The van der Waals surface area contributed by atoms with Gasteiger partial charge in [-0.15, -0.1) is 0 Å². The maximum Gasteiger partial charge on any atom is 0.401 e. The quantitative estimate of drug-likeness (QED) is 0.683. The lowest BCUT2D eigenvalue weighted by atomic mass is 9.91. The van der Waals surface area contributed by atoms with Crippen LogP contribution in [0.5, 0.6) is 0 Å². The van der Waals surface area contributed by atoms with E-state index in [1.165, 1.54) is 0 Å². The molecule has 1 amide bonds. The number of pyridine rings is 1. The number of nitrogens with one attached hydrogen (secondary N) is 2. The van der Waals surface area contributed by atoms with Gasteiger partial charge >= 0.3 is 6.18 Å². The van der Waals surface area contributed by atoms with E-state index in [4.69, 9.17) is 0 Å². The van der Waals surface area contributed by atoms with Gasteiger partial charge in [-0.2, -0.15) is 13.2 Å². The monoisotopic (exact) mass is 406 g/mol. The number of amides is 1. The molecule has 0 atom stereocenters. The number of imidazole rings is 2. The normalized spacial score (nSPS) is 20.1. The van der Waals surface area contributed by atoms with Crippen LogP contribution in [0.4, 0.5) is 13.2 Å². The molecule has 1 fully saturated rings. The first-order valence-corrected chi connectivity index (χ1v) is 9.47. The van der Waals surface area contributed by atoms with E-state index in [0.29, 0.717) is 31.5 Å². The highest BCUT2D eigenvalue weighted by molar-refractivity contribution is 5.93. The lowest BCUT2D eigenvalue weighted by Gasteiger charge is -2.29. The summed E-state index contributed by atoms with van der Waals surface area (Å²) in [4.78, 5) is 21.4. The van der Waals surface area contributed by atoms with Crippen LogP contribution in [0, 0.1) is 0 Å². The van der Waals surface area contributed by atoms with Crippen molar-refractivity contribution in [1.29, 1.82) is 0 Å². The van der Waals surface area contributed by atoms with Crippen molar-refractivity contribution in [2.24, 2.45) is 0 Å². The molecule has 0 saturated heterocycles. The van der Waals surface area contributed by atoms with Crippen LogP contribution in [0.25, 0.3) is 11.3 Å². The summed E-state index contributed by atoms with van der Waals surface area (Å²) < 4.78 is 40.5. The number of hydrogen-bond donors (Lipinski definition) is 2. The number of hydrogen-bond acceptors (Lipinski definition) is 4. The second-order valence-corrected chi connectivity index (χ2v) is 7.20. The van der Waals surface area contributed by atoms with Crippen molar-refractivity contribution < 1.29 is 18.0 Å². The molecular formula is C19H21F3N6O. The number of alkyl halides is 3. The van der Waals surface area contributed by atoms with E-state index < -0.39 is 12.7 Å². The molecule has 0 radical (unpaired) electrons. The third kappa shape index (κ3) is 4.42. The number of halogens is 3. The maximum absolute atomic E-state index is 12.9. The van der Waals surface area contributed by atoms with Crippen LogP contribution in [0.15, 0.2) is 43.1 Å². The number of aromatic nitrogens is 4. The Labute approximate surface area is 165 Å². The molecule has 1 aliphatic rings. The molecule has 0 unspecified atom stereocenters. The average Bonchev–Trinajstić information content (AvgIpc) is 3.34. The van der Waals surface area contributed by atoms with Crippen LogP contribution in [0.3, 0.4) is 0 Å². The molecule has 3 heterocycles. The highest BCUT2D eigenvalue weighted by Crippen LogP contribution is 2.22. The lowest BCUT2D eigenvalue weighted by molar-refractivity contribution is -0.126. The number of carbonyl (C=O) groups excluding carboxylic acids is 1. The Kier molecular flexibility index (Phi) is 5.27. The SMILES string of the molecule is O=C(NC1CCC(NCC(F)(F)F)CC1)c1nc(-n2ccnc2)c2ccccn12. The molecule has 10 heteroatoms. The second-order valence-electron chi connectivity index (χ2n) is 7.20. The molecule has 2 N–H and O–H groups in total. The fourth-order valence-electron chi connectivity index (χ4n) is 3.71. The summed E-state index contributed by atoms with van der Waals surface area (Å²) in [6.07, 6.45) is 5.00. The second kappa shape index (κ2) is 7.86. The molecule has 3 aromatic rings. The van der Waals surface area contributed by atoms with Gasteiger partial charge in [0, 0.05) is 30.7 Å². The highest BCUT2D eigenvalue weighted by atomic mass is 19.4. The van der Waals surface area contributed by atoms with Gasteiger partial charge in [0.15, 0.2) is 5.82 Å². The summed E-state index contributed by atoms with van der Waals surface area (Å²) in [6, 6.07) is 5.30. The van der Waals surface area contributed by atoms with Crippen molar-refractivity contribution in [2.45, 2.75) is 43.9 Å². The molecule has 1 aliphatic carbocycles. The minimum absolute atomic E-state index is 0.0841. The van der Waals surface area contributed by atoms with Crippen molar-refractivity contribution in [3.05, 3.63) is 48.9 Å². The van der Waals surface area contributed by atoms with E-state index in [2.05, 4.69) is 20.6 Å². The van der Waals surface area contributed by atoms with Gasteiger partial charge in [0.1, 0.15) is 6.33 Å². The van der Waals surface area contributed by atoms with Crippen LogP contribution in [0.2, 0.25) is 0 Å². The Morgan fingerprint density at radius 2 is 1.90 bits per heavy atom. The molecule has 0 bridgehead atoms. The topological polar surface area (TPSA) is 76.2 Å². The fraction of sp³-hybridized carbons (Fsp3) is 0.421. The highest BCUT2D eigenvalue weighted by Gasteiger charge is 2.30. The van der Waals surface area contributed by atoms with Gasteiger partial charge in [0.05, 0.1) is 12.1 Å². The molecule has 0 aromatic carbocycles. The minimum atomic E-state index is -4.21. The lowest BCUT2D eigenvalue weighted by Crippen LogP contribution is -2.44. The van der Waals surface area contributed by atoms with E-state index >= 15 is 0 Å². The molecule has 1 saturated carbocycles. The molecular weight excluding hydrogens is 385 g/mol. The average molecular weight is 406 g/mol. The Morgan fingerprint density at radius 3 is 2.59 bits per heavy atom. The Hall–Kier alpha value is -2.88. The molecule has 0 aliphatic heterocycles. The van der Waals surface area contributed by atoms with Gasteiger partial charge in [-0.05, 0) is 37.8 Å². The Bertz CT molecular complexity index is 974. The fourth-order valence-corrected chi connectivity index (χ4v) is 3.71. The van der Waals surface area contributed by atoms with Crippen LogP contribution in [0.1, 0.15) is 36.3 Å². The first kappa shape index (κ1) is 19.4. The zero-order chi connectivity index (χ0) is 20.4. The maximum atomic E-state index is 12.9. The first-order valence-electron chi connectivity index (χ1n) is 9.47. The molecule has 0 spiro atoms. The van der Waals surface area contributed by atoms with Gasteiger partial charge in [-0.25, -0.2) is 9.97 Å². The van der Waals surface area contributed by atoms with Gasteiger partial charge in [-0.1, -0.05) is 6.07 Å². The molecule has 154 valence electrons.